The van der Waals surface area contributed by atoms with Gasteiger partial charge in [-0.25, -0.2) is 12.1 Å². The largest absolute Gasteiger partial charge is 0.396 e. The molecule has 0 saturated heterocycles. The summed E-state index contributed by atoms with van der Waals surface area (Å²) in [6.45, 7) is 6.75. The maximum atomic E-state index is 12.1. The minimum Gasteiger partial charge on any atom is -0.396 e. The van der Waals surface area contributed by atoms with E-state index in [1.807, 2.05) is 20.8 Å². The van der Waals surface area contributed by atoms with Crippen LogP contribution >= 0.6 is 0 Å². The first-order valence-electron chi connectivity index (χ1n) is 8.15. The van der Waals surface area contributed by atoms with Gasteiger partial charge in [-0.3, -0.25) is 0 Å². The fourth-order valence-corrected chi connectivity index (χ4v) is 2.88. The maximum Gasteiger partial charge on any atom is 0.361 e. The van der Waals surface area contributed by atoms with E-state index < -0.39 is 25.6 Å². The molecule has 0 heterocycles. The Morgan fingerprint density at radius 1 is 0.704 bits per heavy atom. The molecule has 0 radical (unpaired) electrons. The number of hydrogen-bond acceptors (Lipinski definition) is 3. The van der Waals surface area contributed by atoms with Crippen molar-refractivity contribution in [3.05, 3.63) is 24.3 Å². The van der Waals surface area contributed by atoms with Crippen molar-refractivity contribution in [3.63, 3.8) is 0 Å². The second-order valence-electron chi connectivity index (χ2n) is 4.91. The van der Waals surface area contributed by atoms with Crippen LogP contribution in [0.4, 0.5) is 26.3 Å². The van der Waals surface area contributed by atoms with Gasteiger partial charge in [0.05, 0.1) is 0 Å². The molecule has 162 valence electrons. The minimum absolute atomic E-state index is 0. The summed E-state index contributed by atoms with van der Waals surface area (Å²) in [5, 5.41) is 23.0. The van der Waals surface area contributed by atoms with Crippen molar-refractivity contribution in [2.45, 2.75) is 51.6 Å². The van der Waals surface area contributed by atoms with Gasteiger partial charge in [-0.2, -0.15) is 38.5 Å². The molecule has 0 bridgehead atoms. The summed E-state index contributed by atoms with van der Waals surface area (Å²) in [7, 11) is -4.92. The first-order chi connectivity index (χ1) is 12.0. The Hall–Kier alpha value is -0.103. The third kappa shape index (κ3) is 22.1. The normalized spacial score (nSPS) is 10.4. The van der Waals surface area contributed by atoms with Crippen LogP contribution < -0.4 is 5.19 Å². The van der Waals surface area contributed by atoms with Crippen molar-refractivity contribution in [1.82, 2.24) is 0 Å². The monoisotopic (exact) mass is 591 g/mol. The van der Waals surface area contributed by atoms with Crippen LogP contribution in [0.2, 0.25) is 0 Å². The zero-order valence-corrected chi connectivity index (χ0v) is 20.5. The van der Waals surface area contributed by atoms with Gasteiger partial charge >= 0.3 is 11.6 Å². The van der Waals surface area contributed by atoms with Crippen LogP contribution in [0.15, 0.2) is 24.3 Å². The van der Waals surface area contributed by atoms with Crippen molar-refractivity contribution >= 4 is 14.0 Å². The van der Waals surface area contributed by atoms with E-state index in [-0.39, 0.29) is 25.8 Å². The molecule has 0 fully saturated rings. The van der Waals surface area contributed by atoms with E-state index in [2.05, 4.69) is 0 Å². The molecule has 0 amide bonds. The van der Waals surface area contributed by atoms with Crippen LogP contribution in [-0.2, 0) is 25.8 Å². The summed E-state index contributed by atoms with van der Waals surface area (Å²) in [6, 6.07) is 4.09. The fourth-order valence-electron chi connectivity index (χ4n) is 1.14. The molecule has 0 aromatic heterocycles. The van der Waals surface area contributed by atoms with Crippen molar-refractivity contribution < 1.29 is 67.5 Å². The van der Waals surface area contributed by atoms with Crippen LogP contribution in [0.1, 0.15) is 40.0 Å². The van der Waals surface area contributed by atoms with E-state index in [1.54, 1.807) is 0 Å². The molecule has 0 aliphatic heterocycles. The average Bonchev–Trinajstić information content (AvgIpc) is 3.06. The van der Waals surface area contributed by atoms with Gasteiger partial charge < -0.3 is 15.3 Å². The Balaban J connectivity index is -0.000000169. The molecule has 1 aromatic carbocycles. The van der Waals surface area contributed by atoms with Crippen LogP contribution in [0.5, 0.6) is 0 Å². The predicted octanol–water partition coefficient (Wildman–Crippen LogP) is 3.21. The molecule has 1 aromatic rings. The van der Waals surface area contributed by atoms with E-state index in [1.165, 1.54) is 12.1 Å². The Kier molecular flexibility index (Phi) is 26.3. The Morgan fingerprint density at radius 2 is 0.926 bits per heavy atom. The summed E-state index contributed by atoms with van der Waals surface area (Å²) < 4.78 is 72.7. The second kappa shape index (κ2) is 20.6. The molecule has 0 unspecified atom stereocenters. The molecule has 0 atom stereocenters. The summed E-state index contributed by atoms with van der Waals surface area (Å²) in [5.41, 5.74) is 0. The molecule has 0 aliphatic rings. The molecule has 3 N–H and O–H groups in total. The van der Waals surface area contributed by atoms with E-state index in [4.69, 9.17) is 15.3 Å². The number of halogens is 6. The van der Waals surface area contributed by atoms with Gasteiger partial charge in [0, 0.05) is 45.7 Å². The van der Waals surface area contributed by atoms with Crippen molar-refractivity contribution in [3.8, 4) is 0 Å². The van der Waals surface area contributed by atoms with Gasteiger partial charge in [0.2, 0.25) is 0 Å². The first kappa shape index (κ1) is 34.4. The summed E-state index contributed by atoms with van der Waals surface area (Å²) in [4.78, 5) is 0. The van der Waals surface area contributed by atoms with Gasteiger partial charge in [0.1, 0.15) is 0 Å². The van der Waals surface area contributed by atoms with E-state index in [9.17, 15) is 26.3 Å². The minimum atomic E-state index is -5.16. The number of aliphatic hydroxyl groups excluding tert-OH is 3. The van der Waals surface area contributed by atoms with Crippen LogP contribution in [0.25, 0.3) is 0 Å². The quantitative estimate of drug-likeness (QED) is 0.287. The van der Waals surface area contributed by atoms with Crippen molar-refractivity contribution in [2.24, 2.45) is 0 Å². The van der Waals surface area contributed by atoms with E-state index in [0.717, 1.165) is 31.4 Å². The zero-order chi connectivity index (χ0) is 21.2. The predicted molar refractivity (Wildman–Crippen MR) is 93.1 cm³/mol. The Bertz CT molecular complexity index is 357. The molecular weight excluding hydrogens is 561 g/mol. The Morgan fingerprint density at radius 3 is 1.07 bits per heavy atom. The van der Waals surface area contributed by atoms with Crippen molar-refractivity contribution in [1.29, 1.82) is 0 Å². The SMILES string of the molecule is CCCO.CCCO.CCCO.FC(F)(F)[SiH]([c-]1cccc1)C(F)(F)F.[Hf]. The second-order valence-corrected chi connectivity index (χ2v) is 7.75. The molecule has 27 heavy (non-hydrogen) atoms. The molecule has 0 spiro atoms. The topological polar surface area (TPSA) is 60.7 Å². The van der Waals surface area contributed by atoms with Gasteiger partial charge in [-0.15, -0.1) is 5.19 Å². The molecule has 3 nitrogen and oxygen atoms in total. The summed E-state index contributed by atoms with van der Waals surface area (Å²) in [6.07, 6.45) is 2.62. The number of aliphatic hydroxyl groups is 3. The first-order valence-corrected chi connectivity index (χ1v) is 9.88. The maximum absolute atomic E-state index is 12.1. The third-order valence-electron chi connectivity index (χ3n) is 2.35. The summed E-state index contributed by atoms with van der Waals surface area (Å²) >= 11 is 0. The number of hydrogen-bond donors (Lipinski definition) is 3. The molecule has 11 heteroatoms. The van der Waals surface area contributed by atoms with Gasteiger partial charge in [-0.1, -0.05) is 20.8 Å². The fraction of sp³-hybridized carbons (Fsp3) is 0.688. The third-order valence-corrected chi connectivity index (χ3v) is 4.71. The van der Waals surface area contributed by atoms with E-state index in [0.29, 0.717) is 19.8 Å². The number of alkyl halides is 6. The summed E-state index contributed by atoms with van der Waals surface area (Å²) in [5.74, 6) is -10.3. The standard InChI is InChI=1S/C7H5F6Si.3C3H8O.Hf/c8-6(9,10)14(7(11,12)13)5-3-1-2-4-5;3*1-2-3-4;/h1-4,14H;3*4H,2-3H2,1H3;/q-1;;;;. The molecular formula is C16H29F6HfO3Si-. The van der Waals surface area contributed by atoms with Crippen LogP contribution in [-0.4, -0.2) is 55.5 Å². The van der Waals surface area contributed by atoms with Crippen LogP contribution in [0.3, 0.4) is 0 Å². The van der Waals surface area contributed by atoms with Gasteiger partial charge in [0.25, 0.3) is 8.80 Å². The van der Waals surface area contributed by atoms with E-state index >= 15 is 0 Å². The van der Waals surface area contributed by atoms with Gasteiger partial charge in [0.15, 0.2) is 0 Å². The average molecular weight is 590 g/mol. The molecule has 1 rings (SSSR count). The Labute approximate surface area is 177 Å². The molecule has 0 aliphatic carbocycles. The van der Waals surface area contributed by atoms with Crippen molar-refractivity contribution in [2.75, 3.05) is 19.8 Å². The molecule has 0 saturated carbocycles. The van der Waals surface area contributed by atoms with Crippen LogP contribution in [0, 0.1) is 0 Å². The number of rotatable bonds is 4. The van der Waals surface area contributed by atoms with Gasteiger partial charge in [-0.05, 0) is 19.3 Å². The smallest absolute Gasteiger partial charge is 0.361 e. The zero-order valence-electron chi connectivity index (χ0n) is 15.7.